The Morgan fingerprint density at radius 1 is 1.67 bits per heavy atom. The predicted molar refractivity (Wildman–Crippen MR) is 74.8 cm³/mol. The van der Waals surface area contributed by atoms with Gasteiger partial charge in [-0.2, -0.15) is 12.6 Å². The first-order valence-corrected chi connectivity index (χ1v) is 7.09. The van der Waals surface area contributed by atoms with Gasteiger partial charge in [0.15, 0.2) is 0 Å². The van der Waals surface area contributed by atoms with Crippen LogP contribution in [0.15, 0.2) is 6.07 Å². The SMILES string of the molecule is CCc1cc(C(=O)OC)c(N2CC(S)CC2=O)s1. The Bertz CT molecular complexity index is 484. The molecule has 0 saturated carbocycles. The summed E-state index contributed by atoms with van der Waals surface area (Å²) in [5, 5.41) is 0.732. The summed E-state index contributed by atoms with van der Waals surface area (Å²) in [6, 6.07) is 1.81. The number of carbonyl (C=O) groups is 2. The van der Waals surface area contributed by atoms with Crippen LogP contribution < -0.4 is 4.90 Å². The van der Waals surface area contributed by atoms with Gasteiger partial charge in [0, 0.05) is 23.1 Å². The standard InChI is InChI=1S/C12H15NO3S2/c1-3-8-5-9(12(15)16-2)11(18-8)13-6-7(17)4-10(13)14/h5,7,17H,3-4,6H2,1-2H3. The Labute approximate surface area is 115 Å². The molecule has 4 nitrogen and oxygen atoms in total. The van der Waals surface area contributed by atoms with Gasteiger partial charge in [-0.3, -0.25) is 4.79 Å². The summed E-state index contributed by atoms with van der Waals surface area (Å²) >= 11 is 5.80. The Morgan fingerprint density at radius 2 is 2.39 bits per heavy atom. The maximum Gasteiger partial charge on any atom is 0.340 e. The van der Waals surface area contributed by atoms with Crippen LogP contribution in [0.2, 0.25) is 0 Å². The molecule has 6 heteroatoms. The van der Waals surface area contributed by atoms with Gasteiger partial charge in [0.2, 0.25) is 5.91 Å². The number of esters is 1. The van der Waals surface area contributed by atoms with Crippen LogP contribution in [0, 0.1) is 0 Å². The molecule has 1 aromatic heterocycles. The van der Waals surface area contributed by atoms with Gasteiger partial charge >= 0.3 is 5.97 Å². The minimum atomic E-state index is -0.392. The molecule has 1 unspecified atom stereocenters. The van der Waals surface area contributed by atoms with Gasteiger partial charge in [-0.1, -0.05) is 6.92 Å². The van der Waals surface area contributed by atoms with Crippen molar-refractivity contribution < 1.29 is 14.3 Å². The predicted octanol–water partition coefficient (Wildman–Crippen LogP) is 2.13. The summed E-state index contributed by atoms with van der Waals surface area (Å²) in [5.74, 6) is -0.374. The van der Waals surface area contributed by atoms with Gasteiger partial charge in [0.25, 0.3) is 0 Å². The molecule has 1 saturated heterocycles. The molecule has 1 fully saturated rings. The number of amides is 1. The van der Waals surface area contributed by atoms with E-state index in [-0.39, 0.29) is 11.2 Å². The first-order valence-electron chi connectivity index (χ1n) is 5.76. The van der Waals surface area contributed by atoms with E-state index in [9.17, 15) is 9.59 Å². The second-order valence-corrected chi connectivity index (χ2v) is 5.98. The monoisotopic (exact) mass is 285 g/mol. The number of methoxy groups -OCH3 is 1. The molecule has 1 aliphatic rings. The number of carbonyl (C=O) groups excluding carboxylic acids is 2. The molecular formula is C12H15NO3S2. The summed E-state index contributed by atoms with van der Waals surface area (Å²) in [5.41, 5.74) is 0.482. The molecule has 1 aliphatic heterocycles. The third-order valence-electron chi connectivity index (χ3n) is 2.87. The number of anilines is 1. The first kappa shape index (κ1) is 13.4. The fourth-order valence-electron chi connectivity index (χ4n) is 1.95. The quantitative estimate of drug-likeness (QED) is 0.683. The zero-order valence-electron chi connectivity index (χ0n) is 10.3. The third kappa shape index (κ3) is 2.40. The molecule has 98 valence electrons. The van der Waals surface area contributed by atoms with Crippen molar-refractivity contribution in [2.24, 2.45) is 0 Å². The lowest BCUT2D eigenvalue weighted by atomic mass is 10.2. The third-order valence-corrected chi connectivity index (χ3v) is 4.52. The van der Waals surface area contributed by atoms with Gasteiger partial charge in [0.05, 0.1) is 12.7 Å². The van der Waals surface area contributed by atoms with Gasteiger partial charge < -0.3 is 9.64 Å². The molecule has 0 N–H and O–H groups in total. The molecule has 0 bridgehead atoms. The van der Waals surface area contributed by atoms with E-state index in [1.54, 1.807) is 4.90 Å². The van der Waals surface area contributed by atoms with E-state index < -0.39 is 5.97 Å². The Balaban J connectivity index is 2.39. The highest BCUT2D eigenvalue weighted by atomic mass is 32.1. The molecule has 0 aromatic carbocycles. The summed E-state index contributed by atoms with van der Waals surface area (Å²) in [7, 11) is 1.35. The van der Waals surface area contributed by atoms with Crippen molar-refractivity contribution in [3.63, 3.8) is 0 Å². The largest absolute Gasteiger partial charge is 0.465 e. The van der Waals surface area contributed by atoms with Crippen LogP contribution in [0.4, 0.5) is 5.00 Å². The van der Waals surface area contributed by atoms with Crippen LogP contribution in [0.1, 0.15) is 28.6 Å². The summed E-state index contributed by atoms with van der Waals surface area (Å²) in [6.45, 7) is 2.57. The molecule has 1 amide bonds. The molecule has 2 heterocycles. The normalized spacial score (nSPS) is 19.4. The lowest BCUT2D eigenvalue weighted by Gasteiger charge is -2.15. The highest BCUT2D eigenvalue weighted by molar-refractivity contribution is 7.81. The molecule has 0 aliphatic carbocycles. The molecule has 1 atom stereocenters. The van der Waals surface area contributed by atoms with Crippen LogP contribution in [0.5, 0.6) is 0 Å². The minimum Gasteiger partial charge on any atom is -0.465 e. The summed E-state index contributed by atoms with van der Waals surface area (Å²) < 4.78 is 4.77. The molecular weight excluding hydrogens is 270 g/mol. The highest BCUT2D eigenvalue weighted by Gasteiger charge is 2.32. The second-order valence-electron chi connectivity index (χ2n) is 4.14. The smallest absolute Gasteiger partial charge is 0.340 e. The summed E-state index contributed by atoms with van der Waals surface area (Å²) in [4.78, 5) is 26.3. The topological polar surface area (TPSA) is 46.6 Å². The van der Waals surface area contributed by atoms with Crippen LogP contribution in [0.25, 0.3) is 0 Å². The average Bonchev–Trinajstić information content (AvgIpc) is 2.91. The van der Waals surface area contributed by atoms with E-state index >= 15 is 0 Å². The van der Waals surface area contributed by atoms with Crippen molar-refractivity contribution in [1.82, 2.24) is 0 Å². The van der Waals surface area contributed by atoms with Crippen molar-refractivity contribution in [2.45, 2.75) is 25.0 Å². The van der Waals surface area contributed by atoms with Crippen LogP contribution in [-0.2, 0) is 16.0 Å². The van der Waals surface area contributed by atoms with Crippen molar-refractivity contribution in [2.75, 3.05) is 18.6 Å². The van der Waals surface area contributed by atoms with E-state index in [0.29, 0.717) is 23.5 Å². The van der Waals surface area contributed by atoms with Gasteiger partial charge in [-0.15, -0.1) is 11.3 Å². The van der Waals surface area contributed by atoms with Gasteiger partial charge in [0.1, 0.15) is 5.00 Å². The number of aryl methyl sites for hydroxylation is 1. The van der Waals surface area contributed by atoms with Crippen molar-refractivity contribution >= 4 is 40.8 Å². The van der Waals surface area contributed by atoms with Crippen molar-refractivity contribution in [3.05, 3.63) is 16.5 Å². The number of hydrogen-bond donors (Lipinski definition) is 1. The Hall–Kier alpha value is -1.01. The van der Waals surface area contributed by atoms with E-state index in [0.717, 1.165) is 11.3 Å². The molecule has 18 heavy (non-hydrogen) atoms. The highest BCUT2D eigenvalue weighted by Crippen LogP contribution is 2.35. The van der Waals surface area contributed by atoms with Crippen LogP contribution >= 0.6 is 24.0 Å². The van der Waals surface area contributed by atoms with Crippen molar-refractivity contribution in [3.8, 4) is 0 Å². The van der Waals surface area contributed by atoms with Crippen LogP contribution in [0.3, 0.4) is 0 Å². The number of ether oxygens (including phenoxy) is 1. The molecule has 2 rings (SSSR count). The maximum absolute atomic E-state index is 11.9. The van der Waals surface area contributed by atoms with Gasteiger partial charge in [-0.05, 0) is 12.5 Å². The fraction of sp³-hybridized carbons (Fsp3) is 0.500. The van der Waals surface area contributed by atoms with E-state index in [1.807, 2.05) is 13.0 Å². The number of thiophene rings is 1. The number of thiol groups is 1. The average molecular weight is 285 g/mol. The van der Waals surface area contributed by atoms with E-state index in [2.05, 4.69) is 12.6 Å². The van der Waals surface area contributed by atoms with Gasteiger partial charge in [-0.25, -0.2) is 4.79 Å². The van der Waals surface area contributed by atoms with E-state index in [4.69, 9.17) is 4.74 Å². The van der Waals surface area contributed by atoms with Crippen LogP contribution in [-0.4, -0.2) is 30.8 Å². The van der Waals surface area contributed by atoms with E-state index in [1.165, 1.54) is 18.4 Å². The number of nitrogens with zero attached hydrogens (tertiary/aromatic N) is 1. The summed E-state index contributed by atoms with van der Waals surface area (Å²) in [6.07, 6.45) is 1.25. The molecule has 0 spiro atoms. The van der Waals surface area contributed by atoms with Crippen molar-refractivity contribution in [1.29, 1.82) is 0 Å². The first-order chi connectivity index (χ1) is 8.56. The Kier molecular flexibility index (Phi) is 3.97. The zero-order chi connectivity index (χ0) is 13.3. The second kappa shape index (κ2) is 5.32. The Morgan fingerprint density at radius 3 is 2.89 bits per heavy atom. The fourth-order valence-corrected chi connectivity index (χ4v) is 3.38. The number of rotatable bonds is 3. The zero-order valence-corrected chi connectivity index (χ0v) is 12.0. The molecule has 1 aromatic rings. The lowest BCUT2D eigenvalue weighted by Crippen LogP contribution is -2.25. The molecule has 0 radical (unpaired) electrons. The minimum absolute atomic E-state index is 0.0182. The number of hydrogen-bond acceptors (Lipinski definition) is 5. The lowest BCUT2D eigenvalue weighted by molar-refractivity contribution is -0.116. The maximum atomic E-state index is 11.9.